The van der Waals surface area contributed by atoms with Crippen LogP contribution >= 0.6 is 0 Å². The summed E-state index contributed by atoms with van der Waals surface area (Å²) in [4.78, 5) is 21.9. The van der Waals surface area contributed by atoms with Crippen LogP contribution in [-0.4, -0.2) is 47.7 Å². The maximum Gasteiger partial charge on any atom is 0.321 e. The number of hydrogen-bond donors (Lipinski definition) is 2. The van der Waals surface area contributed by atoms with Crippen molar-refractivity contribution < 1.29 is 14.3 Å². The summed E-state index contributed by atoms with van der Waals surface area (Å²) < 4.78 is 10.8. The number of rotatable bonds is 5. The van der Waals surface area contributed by atoms with E-state index in [-0.39, 0.29) is 11.9 Å². The van der Waals surface area contributed by atoms with E-state index in [1.165, 1.54) is 0 Å². The number of nitrogens with one attached hydrogen (secondary N) is 2. The molecule has 1 saturated heterocycles. The van der Waals surface area contributed by atoms with Crippen molar-refractivity contribution in [3.8, 4) is 11.5 Å². The topological polar surface area (TPSA) is 79.5 Å². The molecule has 0 spiro atoms. The van der Waals surface area contributed by atoms with Crippen LogP contribution in [0, 0.1) is 0 Å². The Bertz CT molecular complexity index is 702. The van der Waals surface area contributed by atoms with Crippen LogP contribution in [0.15, 0.2) is 30.6 Å². The van der Waals surface area contributed by atoms with Gasteiger partial charge in [0.15, 0.2) is 11.5 Å². The number of amides is 2. The second kappa shape index (κ2) is 7.92. The second-order valence-corrected chi connectivity index (χ2v) is 5.99. The molecule has 2 heterocycles. The summed E-state index contributed by atoms with van der Waals surface area (Å²) in [5.41, 5.74) is 0.689. The molecule has 0 radical (unpaired) electrons. The van der Waals surface area contributed by atoms with Gasteiger partial charge in [-0.3, -0.25) is 0 Å². The molecule has 2 aromatic rings. The smallest absolute Gasteiger partial charge is 0.321 e. The Balaban J connectivity index is 1.66. The van der Waals surface area contributed by atoms with Crippen LogP contribution in [0.4, 0.5) is 10.5 Å². The number of carbonyl (C=O) groups is 1. The van der Waals surface area contributed by atoms with E-state index >= 15 is 0 Å². The Morgan fingerprint density at radius 1 is 1.44 bits per heavy atom. The van der Waals surface area contributed by atoms with Crippen LogP contribution in [-0.2, 0) is 0 Å². The zero-order valence-corrected chi connectivity index (χ0v) is 14.6. The maximum atomic E-state index is 12.6. The van der Waals surface area contributed by atoms with Crippen molar-refractivity contribution >= 4 is 11.7 Å². The minimum absolute atomic E-state index is 0.108. The number of carbonyl (C=O) groups excluding carboxylic acids is 1. The standard InChI is InChI=1S/C18H24N4O3/c1-3-25-16-11-14(6-7-15(16)24-2)21-18(23)22-10-4-5-13(12-22)17-19-8-9-20-17/h6-9,11,13H,3-5,10,12H2,1-2H3,(H,19,20)(H,21,23)/t13-/m1/s1. The highest BCUT2D eigenvalue weighted by Crippen LogP contribution is 2.31. The number of imidazole rings is 1. The molecule has 1 aromatic carbocycles. The van der Waals surface area contributed by atoms with Crippen LogP contribution in [0.2, 0.25) is 0 Å². The third-order valence-electron chi connectivity index (χ3n) is 4.33. The molecular weight excluding hydrogens is 320 g/mol. The maximum absolute atomic E-state index is 12.6. The first-order valence-corrected chi connectivity index (χ1v) is 8.57. The zero-order chi connectivity index (χ0) is 17.6. The lowest BCUT2D eigenvalue weighted by atomic mass is 9.98. The fraction of sp³-hybridized carbons (Fsp3) is 0.444. The molecule has 0 unspecified atom stereocenters. The Morgan fingerprint density at radius 3 is 3.04 bits per heavy atom. The van der Waals surface area contributed by atoms with Gasteiger partial charge < -0.3 is 24.7 Å². The van der Waals surface area contributed by atoms with Crippen molar-refractivity contribution in [3.63, 3.8) is 0 Å². The SMILES string of the molecule is CCOc1cc(NC(=O)N2CCC[C@@H](c3ncc[nH]3)C2)ccc1OC. The molecular formula is C18H24N4O3. The first-order chi connectivity index (χ1) is 12.2. The van der Waals surface area contributed by atoms with Gasteiger partial charge in [-0.25, -0.2) is 9.78 Å². The monoisotopic (exact) mass is 344 g/mol. The van der Waals surface area contributed by atoms with Gasteiger partial charge in [-0.2, -0.15) is 0 Å². The number of likely N-dealkylation sites (tertiary alicyclic amines) is 1. The van der Waals surface area contributed by atoms with Crippen molar-refractivity contribution in [2.24, 2.45) is 0 Å². The molecule has 1 atom stereocenters. The Morgan fingerprint density at radius 2 is 2.32 bits per heavy atom. The third kappa shape index (κ3) is 4.04. The summed E-state index contributed by atoms with van der Waals surface area (Å²) in [6.07, 6.45) is 5.57. The molecule has 2 amide bonds. The number of piperidine rings is 1. The summed E-state index contributed by atoms with van der Waals surface area (Å²) >= 11 is 0. The van der Waals surface area contributed by atoms with E-state index in [2.05, 4.69) is 15.3 Å². The van der Waals surface area contributed by atoms with Crippen LogP contribution in [0.5, 0.6) is 11.5 Å². The Labute approximate surface area is 147 Å². The van der Waals surface area contributed by atoms with Gasteiger partial charge in [-0.05, 0) is 31.9 Å². The normalized spacial score (nSPS) is 17.2. The predicted molar refractivity (Wildman–Crippen MR) is 95.3 cm³/mol. The lowest BCUT2D eigenvalue weighted by Gasteiger charge is -2.31. The van der Waals surface area contributed by atoms with Crippen molar-refractivity contribution in [1.82, 2.24) is 14.9 Å². The molecule has 7 nitrogen and oxygen atoms in total. The van der Waals surface area contributed by atoms with Crippen molar-refractivity contribution in [2.45, 2.75) is 25.7 Å². The van der Waals surface area contributed by atoms with E-state index in [4.69, 9.17) is 9.47 Å². The molecule has 0 aliphatic carbocycles. The van der Waals surface area contributed by atoms with Crippen LogP contribution in [0.3, 0.4) is 0 Å². The molecule has 1 aliphatic rings. The number of nitrogens with zero attached hydrogens (tertiary/aromatic N) is 2. The number of urea groups is 1. The summed E-state index contributed by atoms with van der Waals surface area (Å²) in [6, 6.07) is 5.29. The Kier molecular flexibility index (Phi) is 5.42. The Hall–Kier alpha value is -2.70. The molecule has 0 bridgehead atoms. The number of ether oxygens (including phenoxy) is 2. The quantitative estimate of drug-likeness (QED) is 0.873. The molecule has 2 N–H and O–H groups in total. The van der Waals surface area contributed by atoms with Crippen molar-refractivity contribution in [3.05, 3.63) is 36.4 Å². The van der Waals surface area contributed by atoms with E-state index < -0.39 is 0 Å². The lowest BCUT2D eigenvalue weighted by molar-refractivity contribution is 0.191. The fourth-order valence-corrected chi connectivity index (χ4v) is 3.11. The van der Waals surface area contributed by atoms with Gasteiger partial charge in [-0.1, -0.05) is 0 Å². The predicted octanol–water partition coefficient (Wildman–Crippen LogP) is 3.23. The fourth-order valence-electron chi connectivity index (χ4n) is 3.11. The van der Waals surface area contributed by atoms with Gasteiger partial charge in [-0.15, -0.1) is 0 Å². The highest BCUT2D eigenvalue weighted by molar-refractivity contribution is 5.89. The molecule has 25 heavy (non-hydrogen) atoms. The van der Waals surface area contributed by atoms with Crippen LogP contribution < -0.4 is 14.8 Å². The lowest BCUT2D eigenvalue weighted by Crippen LogP contribution is -2.41. The van der Waals surface area contributed by atoms with Crippen LogP contribution in [0.25, 0.3) is 0 Å². The first kappa shape index (κ1) is 17.1. The van der Waals surface area contributed by atoms with Gasteiger partial charge in [0, 0.05) is 43.2 Å². The molecule has 3 rings (SSSR count). The molecule has 134 valence electrons. The van der Waals surface area contributed by atoms with E-state index in [9.17, 15) is 4.79 Å². The molecule has 1 aliphatic heterocycles. The molecule has 0 saturated carbocycles. The van der Waals surface area contributed by atoms with E-state index in [0.29, 0.717) is 30.3 Å². The number of aromatic nitrogens is 2. The number of benzene rings is 1. The second-order valence-electron chi connectivity index (χ2n) is 5.99. The first-order valence-electron chi connectivity index (χ1n) is 8.57. The van der Waals surface area contributed by atoms with Gasteiger partial charge in [0.25, 0.3) is 0 Å². The van der Waals surface area contributed by atoms with Gasteiger partial charge in [0.2, 0.25) is 0 Å². The van der Waals surface area contributed by atoms with Crippen LogP contribution in [0.1, 0.15) is 31.5 Å². The number of H-pyrrole nitrogens is 1. The third-order valence-corrected chi connectivity index (χ3v) is 4.33. The highest BCUT2D eigenvalue weighted by Gasteiger charge is 2.26. The number of aromatic amines is 1. The summed E-state index contributed by atoms with van der Waals surface area (Å²) in [5, 5.41) is 2.95. The number of anilines is 1. The molecule has 7 heteroatoms. The largest absolute Gasteiger partial charge is 0.493 e. The van der Waals surface area contributed by atoms with Gasteiger partial charge in [0.05, 0.1) is 13.7 Å². The highest BCUT2D eigenvalue weighted by atomic mass is 16.5. The zero-order valence-electron chi connectivity index (χ0n) is 14.6. The van der Waals surface area contributed by atoms with Crippen molar-refractivity contribution in [2.75, 3.05) is 32.1 Å². The number of hydrogen-bond acceptors (Lipinski definition) is 4. The average Bonchev–Trinajstić information content (AvgIpc) is 3.17. The molecule has 1 fully saturated rings. The van der Waals surface area contributed by atoms with Gasteiger partial charge >= 0.3 is 6.03 Å². The summed E-state index contributed by atoms with van der Waals surface area (Å²) in [6.45, 7) is 3.85. The van der Waals surface area contributed by atoms with Gasteiger partial charge in [0.1, 0.15) is 5.82 Å². The van der Waals surface area contributed by atoms with E-state index in [0.717, 1.165) is 25.2 Å². The van der Waals surface area contributed by atoms with Crippen molar-refractivity contribution in [1.29, 1.82) is 0 Å². The van der Waals surface area contributed by atoms with E-state index in [1.54, 1.807) is 25.4 Å². The van der Waals surface area contributed by atoms with E-state index in [1.807, 2.05) is 24.1 Å². The number of methoxy groups -OCH3 is 1. The molecule has 1 aromatic heterocycles. The average molecular weight is 344 g/mol. The minimum atomic E-state index is -0.108. The summed E-state index contributed by atoms with van der Waals surface area (Å²) in [7, 11) is 1.60. The minimum Gasteiger partial charge on any atom is -0.493 e. The summed E-state index contributed by atoms with van der Waals surface area (Å²) in [5.74, 6) is 2.47.